The minimum Gasteiger partial charge on any atom is -0.497 e. The summed E-state index contributed by atoms with van der Waals surface area (Å²) in [5.74, 6) is 1.01. The molecule has 0 radical (unpaired) electrons. The summed E-state index contributed by atoms with van der Waals surface area (Å²) in [5, 5.41) is 1.85. The molecule has 26 heavy (non-hydrogen) atoms. The molecule has 1 aromatic carbocycles. The van der Waals surface area contributed by atoms with Gasteiger partial charge < -0.3 is 9.64 Å². The van der Waals surface area contributed by atoms with Gasteiger partial charge in [-0.2, -0.15) is 0 Å². The van der Waals surface area contributed by atoms with Crippen LogP contribution in [0.5, 0.6) is 5.75 Å². The minimum atomic E-state index is 0.101. The van der Waals surface area contributed by atoms with Gasteiger partial charge >= 0.3 is 0 Å². The minimum absolute atomic E-state index is 0.101. The van der Waals surface area contributed by atoms with Crippen LogP contribution in [0.3, 0.4) is 0 Å². The summed E-state index contributed by atoms with van der Waals surface area (Å²) < 4.78 is 5.23. The van der Waals surface area contributed by atoms with Crippen molar-refractivity contribution in [1.82, 2.24) is 14.8 Å². The smallest absolute Gasteiger partial charge is 0.273 e. The Kier molecular flexibility index (Phi) is 4.96. The van der Waals surface area contributed by atoms with Gasteiger partial charge in [-0.15, -0.1) is 11.3 Å². The molecule has 0 aliphatic carbocycles. The summed E-state index contributed by atoms with van der Waals surface area (Å²) in [7, 11) is 1.70. The highest BCUT2D eigenvalue weighted by molar-refractivity contribution is 7.07. The molecule has 2 aromatic rings. The van der Waals surface area contributed by atoms with Crippen LogP contribution in [-0.2, 0) is 6.54 Å². The predicted molar refractivity (Wildman–Crippen MR) is 103 cm³/mol. The highest BCUT2D eigenvalue weighted by atomic mass is 32.1. The SMILES string of the molecule is COc1ccc(CN2CCC3(CC2)CCN(C(=O)c2cscn2)C3)cc1. The topological polar surface area (TPSA) is 45.7 Å². The number of amides is 1. The molecule has 2 aliphatic heterocycles. The first-order valence-electron chi connectivity index (χ1n) is 9.20. The molecule has 1 spiro atoms. The average Bonchev–Trinajstić information content (AvgIpc) is 3.35. The van der Waals surface area contributed by atoms with Crippen LogP contribution >= 0.6 is 11.3 Å². The monoisotopic (exact) mass is 371 g/mol. The van der Waals surface area contributed by atoms with Gasteiger partial charge in [-0.3, -0.25) is 9.69 Å². The lowest BCUT2D eigenvalue weighted by atomic mass is 9.77. The summed E-state index contributed by atoms with van der Waals surface area (Å²) in [6.07, 6.45) is 3.47. The Labute approximate surface area is 158 Å². The highest BCUT2D eigenvalue weighted by Gasteiger charge is 2.42. The molecule has 3 heterocycles. The molecule has 1 amide bonds. The molecule has 0 unspecified atom stereocenters. The number of hydrogen-bond acceptors (Lipinski definition) is 5. The van der Waals surface area contributed by atoms with Crippen LogP contribution in [0, 0.1) is 5.41 Å². The summed E-state index contributed by atoms with van der Waals surface area (Å²) in [5.41, 5.74) is 3.97. The van der Waals surface area contributed by atoms with Crippen molar-refractivity contribution in [3.8, 4) is 5.75 Å². The molecular weight excluding hydrogens is 346 g/mol. The quantitative estimate of drug-likeness (QED) is 0.827. The van der Waals surface area contributed by atoms with Gasteiger partial charge in [-0.1, -0.05) is 12.1 Å². The van der Waals surface area contributed by atoms with Gasteiger partial charge in [-0.25, -0.2) is 4.98 Å². The van der Waals surface area contributed by atoms with E-state index >= 15 is 0 Å². The van der Waals surface area contributed by atoms with Gasteiger partial charge in [0.15, 0.2) is 0 Å². The molecule has 1 aromatic heterocycles. The van der Waals surface area contributed by atoms with E-state index in [1.165, 1.54) is 29.7 Å². The van der Waals surface area contributed by atoms with Crippen molar-refractivity contribution in [3.05, 3.63) is 46.4 Å². The van der Waals surface area contributed by atoms with Gasteiger partial charge in [0.1, 0.15) is 11.4 Å². The Hall–Kier alpha value is -1.92. The van der Waals surface area contributed by atoms with E-state index in [0.717, 1.165) is 44.9 Å². The van der Waals surface area contributed by atoms with Crippen LogP contribution in [0.15, 0.2) is 35.2 Å². The largest absolute Gasteiger partial charge is 0.497 e. The van der Waals surface area contributed by atoms with Gasteiger partial charge in [0.2, 0.25) is 0 Å². The van der Waals surface area contributed by atoms with Crippen molar-refractivity contribution in [2.45, 2.75) is 25.8 Å². The fourth-order valence-corrected chi connectivity index (χ4v) is 4.70. The highest BCUT2D eigenvalue weighted by Crippen LogP contribution is 2.41. The zero-order chi connectivity index (χ0) is 18.0. The molecule has 5 nitrogen and oxygen atoms in total. The lowest BCUT2D eigenvalue weighted by Gasteiger charge is -2.39. The van der Waals surface area contributed by atoms with E-state index < -0.39 is 0 Å². The van der Waals surface area contributed by atoms with Crippen LogP contribution in [0.4, 0.5) is 0 Å². The molecule has 4 rings (SSSR count). The maximum atomic E-state index is 12.5. The van der Waals surface area contributed by atoms with Crippen LogP contribution < -0.4 is 4.74 Å². The number of carbonyl (C=O) groups excluding carboxylic acids is 1. The van der Waals surface area contributed by atoms with Crippen LogP contribution in [-0.4, -0.2) is 54.0 Å². The normalized spacial score (nSPS) is 19.8. The Morgan fingerprint density at radius 2 is 1.92 bits per heavy atom. The van der Waals surface area contributed by atoms with Crippen molar-refractivity contribution in [2.75, 3.05) is 33.3 Å². The number of likely N-dealkylation sites (tertiary alicyclic amines) is 2. The fourth-order valence-electron chi connectivity index (χ4n) is 4.17. The average molecular weight is 372 g/mol. The second kappa shape index (κ2) is 7.37. The molecule has 0 saturated carbocycles. The summed E-state index contributed by atoms with van der Waals surface area (Å²) >= 11 is 1.48. The maximum absolute atomic E-state index is 12.5. The molecule has 0 atom stereocenters. The third-order valence-electron chi connectivity index (χ3n) is 5.86. The number of thiazole rings is 1. The number of nitrogens with zero attached hydrogens (tertiary/aromatic N) is 3. The number of aromatic nitrogens is 1. The summed E-state index contributed by atoms with van der Waals surface area (Å²) in [6, 6.07) is 8.35. The van der Waals surface area contributed by atoms with E-state index in [4.69, 9.17) is 4.74 Å². The van der Waals surface area contributed by atoms with Crippen molar-refractivity contribution in [1.29, 1.82) is 0 Å². The second-order valence-corrected chi connectivity index (χ2v) is 8.19. The number of benzene rings is 1. The van der Waals surface area contributed by atoms with E-state index in [0.29, 0.717) is 11.1 Å². The van der Waals surface area contributed by atoms with Crippen LogP contribution in [0.1, 0.15) is 35.3 Å². The van der Waals surface area contributed by atoms with Crippen molar-refractivity contribution >= 4 is 17.2 Å². The number of carbonyl (C=O) groups is 1. The Morgan fingerprint density at radius 3 is 2.58 bits per heavy atom. The van der Waals surface area contributed by atoms with Crippen molar-refractivity contribution < 1.29 is 9.53 Å². The number of ether oxygens (including phenoxy) is 1. The first kappa shape index (κ1) is 17.5. The Morgan fingerprint density at radius 1 is 1.19 bits per heavy atom. The third kappa shape index (κ3) is 3.62. The first-order chi connectivity index (χ1) is 12.7. The van der Waals surface area contributed by atoms with Crippen LogP contribution in [0.2, 0.25) is 0 Å². The molecule has 2 saturated heterocycles. The van der Waals surface area contributed by atoms with Gasteiger partial charge in [-0.05, 0) is 55.5 Å². The molecule has 2 fully saturated rings. The Bertz CT molecular complexity index is 737. The third-order valence-corrected chi connectivity index (χ3v) is 6.45. The van der Waals surface area contributed by atoms with E-state index in [1.54, 1.807) is 12.6 Å². The van der Waals surface area contributed by atoms with E-state index in [-0.39, 0.29) is 5.91 Å². The second-order valence-electron chi connectivity index (χ2n) is 7.47. The number of rotatable bonds is 4. The lowest BCUT2D eigenvalue weighted by Crippen LogP contribution is -2.42. The van der Waals surface area contributed by atoms with Crippen LogP contribution in [0.25, 0.3) is 0 Å². The fraction of sp³-hybridized carbons (Fsp3) is 0.500. The van der Waals surface area contributed by atoms with Gasteiger partial charge in [0, 0.05) is 25.0 Å². The molecular formula is C20H25N3O2S. The molecule has 0 bridgehead atoms. The zero-order valence-corrected chi connectivity index (χ0v) is 16.0. The van der Waals surface area contributed by atoms with Gasteiger partial charge in [0.25, 0.3) is 5.91 Å². The summed E-state index contributed by atoms with van der Waals surface area (Å²) in [6.45, 7) is 4.95. The first-order valence-corrected chi connectivity index (χ1v) is 10.1. The zero-order valence-electron chi connectivity index (χ0n) is 15.2. The standard InChI is InChI=1S/C20H25N3O2S/c1-25-17-4-2-16(3-5-17)12-22-9-6-20(7-10-22)8-11-23(14-20)19(24)18-13-26-15-21-18/h2-5,13,15H,6-12,14H2,1H3. The van der Waals surface area contributed by atoms with E-state index in [9.17, 15) is 4.79 Å². The van der Waals surface area contributed by atoms with Crippen molar-refractivity contribution in [2.24, 2.45) is 5.41 Å². The number of piperidine rings is 1. The van der Waals surface area contributed by atoms with E-state index in [2.05, 4.69) is 22.0 Å². The number of methoxy groups -OCH3 is 1. The maximum Gasteiger partial charge on any atom is 0.273 e. The predicted octanol–water partition coefficient (Wildman–Crippen LogP) is 3.28. The Balaban J connectivity index is 1.31. The molecule has 138 valence electrons. The number of hydrogen-bond donors (Lipinski definition) is 0. The molecule has 6 heteroatoms. The lowest BCUT2D eigenvalue weighted by molar-refractivity contribution is 0.0709. The molecule has 0 N–H and O–H groups in total. The summed E-state index contributed by atoms with van der Waals surface area (Å²) in [4.78, 5) is 21.3. The van der Waals surface area contributed by atoms with Crippen molar-refractivity contribution in [3.63, 3.8) is 0 Å². The molecule has 2 aliphatic rings. The van der Waals surface area contributed by atoms with E-state index in [1.807, 2.05) is 22.4 Å². The van der Waals surface area contributed by atoms with Gasteiger partial charge in [0.05, 0.1) is 12.6 Å².